The molecule has 1 aromatic carbocycles. The fourth-order valence-electron chi connectivity index (χ4n) is 2.50. The van der Waals surface area contributed by atoms with Crippen molar-refractivity contribution in [1.29, 1.82) is 0 Å². The van der Waals surface area contributed by atoms with Crippen LogP contribution in [0.1, 0.15) is 28.3 Å². The summed E-state index contributed by atoms with van der Waals surface area (Å²) in [5.74, 6) is -0.635. The highest BCUT2D eigenvalue weighted by molar-refractivity contribution is 5.89. The lowest BCUT2D eigenvalue weighted by Gasteiger charge is -2.37. The minimum atomic E-state index is -1.27. The van der Waals surface area contributed by atoms with E-state index in [0.717, 1.165) is 10.5 Å². The molecule has 1 amide bonds. The van der Waals surface area contributed by atoms with Crippen molar-refractivity contribution >= 4 is 12.1 Å². The summed E-state index contributed by atoms with van der Waals surface area (Å²) in [4.78, 5) is 23.3. The molecule has 108 valence electrons. The molecule has 1 fully saturated rings. The average Bonchev–Trinajstić information content (AvgIpc) is 2.46. The molecule has 1 aliphatic rings. The van der Waals surface area contributed by atoms with E-state index in [-0.39, 0.29) is 12.5 Å². The first-order chi connectivity index (χ1) is 9.52. The van der Waals surface area contributed by atoms with Crippen LogP contribution in [-0.4, -0.2) is 48.4 Å². The third kappa shape index (κ3) is 2.91. The van der Waals surface area contributed by atoms with Crippen LogP contribution in [0.4, 0.5) is 4.79 Å². The van der Waals surface area contributed by atoms with E-state index in [4.69, 9.17) is 0 Å². The lowest BCUT2D eigenvalue weighted by Crippen LogP contribution is -2.50. The molecule has 0 aromatic heterocycles. The van der Waals surface area contributed by atoms with Crippen LogP contribution in [0.15, 0.2) is 24.3 Å². The van der Waals surface area contributed by atoms with Crippen LogP contribution in [0.25, 0.3) is 0 Å². The van der Waals surface area contributed by atoms with Gasteiger partial charge in [-0.2, -0.15) is 0 Å². The summed E-state index contributed by atoms with van der Waals surface area (Å²) >= 11 is 0. The van der Waals surface area contributed by atoms with Gasteiger partial charge in [0, 0.05) is 19.0 Å². The van der Waals surface area contributed by atoms with Crippen molar-refractivity contribution in [2.45, 2.75) is 18.4 Å². The average molecular weight is 278 g/mol. The number of amides is 1. The predicted molar refractivity (Wildman–Crippen MR) is 68.1 cm³/mol. The molecule has 0 spiro atoms. The summed E-state index contributed by atoms with van der Waals surface area (Å²) < 4.78 is 4.66. The van der Waals surface area contributed by atoms with Gasteiger partial charge in [0.05, 0.1) is 18.8 Å². The molecular weight excluding hydrogens is 262 g/mol. The van der Waals surface area contributed by atoms with Crippen molar-refractivity contribution in [1.82, 2.24) is 4.90 Å². The number of benzene rings is 1. The van der Waals surface area contributed by atoms with Crippen molar-refractivity contribution in [2.24, 2.45) is 0 Å². The van der Waals surface area contributed by atoms with Gasteiger partial charge in [-0.15, -0.1) is 0 Å². The maximum absolute atomic E-state index is 11.5. The van der Waals surface area contributed by atoms with Crippen LogP contribution >= 0.6 is 0 Å². The number of rotatable bonds is 2. The monoisotopic (exact) mass is 278 g/mol. The molecule has 2 atom stereocenters. The Balaban J connectivity index is 2.16. The number of nitrogens with zero attached hydrogens (tertiary/aromatic N) is 1. The van der Waals surface area contributed by atoms with E-state index in [0.29, 0.717) is 18.5 Å². The number of hydrogen-bond donors (Lipinski definition) is 1. The maximum atomic E-state index is 11.5. The normalized spacial score (nSPS) is 22.4. The number of carbonyl (C=O) groups excluding carboxylic acids is 2. The molecule has 1 heterocycles. The van der Waals surface area contributed by atoms with Crippen molar-refractivity contribution in [2.75, 3.05) is 20.2 Å². The first kappa shape index (κ1) is 14.3. The van der Waals surface area contributed by atoms with Crippen LogP contribution in [0, 0.1) is 0 Å². The zero-order valence-corrected chi connectivity index (χ0v) is 11.1. The summed E-state index contributed by atoms with van der Waals surface area (Å²) in [5, 5.41) is 20.8. The number of aliphatic hydroxyl groups excluding tert-OH is 1. The minimum absolute atomic E-state index is 0.0233. The predicted octanol–water partition coefficient (Wildman–Crippen LogP) is -0.0333. The molecule has 1 aromatic rings. The molecular formula is C14H16NO5-. The molecule has 2 unspecified atom stereocenters. The van der Waals surface area contributed by atoms with E-state index in [1.165, 1.54) is 7.11 Å². The third-order valence-electron chi connectivity index (χ3n) is 3.58. The van der Waals surface area contributed by atoms with Crippen molar-refractivity contribution in [3.05, 3.63) is 35.4 Å². The van der Waals surface area contributed by atoms with Gasteiger partial charge < -0.3 is 24.6 Å². The van der Waals surface area contributed by atoms with Gasteiger partial charge in [-0.3, -0.25) is 0 Å². The SMILES string of the molecule is COC(=O)c1cccc(C2CCN(C(=O)[O-])CC2O)c1. The Morgan fingerprint density at radius 3 is 2.80 bits per heavy atom. The molecule has 6 nitrogen and oxygen atoms in total. The lowest BCUT2D eigenvalue weighted by atomic mass is 9.86. The Labute approximate surface area is 116 Å². The number of carboxylic acid groups (broad SMARTS) is 1. The molecule has 1 aliphatic heterocycles. The highest BCUT2D eigenvalue weighted by atomic mass is 16.5. The molecule has 1 N–H and O–H groups in total. The second kappa shape index (κ2) is 5.92. The quantitative estimate of drug-likeness (QED) is 0.767. The first-order valence-electron chi connectivity index (χ1n) is 6.35. The van der Waals surface area contributed by atoms with Crippen LogP contribution in [0.5, 0.6) is 0 Å². The Kier molecular flexibility index (Phi) is 4.24. The fourth-order valence-corrected chi connectivity index (χ4v) is 2.50. The van der Waals surface area contributed by atoms with Gasteiger partial charge in [0.2, 0.25) is 0 Å². The zero-order chi connectivity index (χ0) is 14.7. The second-order valence-electron chi connectivity index (χ2n) is 4.79. The van der Waals surface area contributed by atoms with Crippen LogP contribution in [0.3, 0.4) is 0 Å². The highest BCUT2D eigenvalue weighted by Gasteiger charge is 2.29. The number of aliphatic hydroxyl groups is 1. The Bertz CT molecular complexity index is 516. The van der Waals surface area contributed by atoms with Gasteiger partial charge in [0.1, 0.15) is 6.09 Å². The van der Waals surface area contributed by atoms with E-state index in [2.05, 4.69) is 4.74 Å². The number of esters is 1. The smallest absolute Gasteiger partial charge is 0.337 e. The van der Waals surface area contributed by atoms with Gasteiger partial charge in [0.25, 0.3) is 0 Å². The standard InChI is InChI=1S/C14H17NO5/c1-20-13(17)10-4-2-3-9(7-10)11-5-6-15(14(18)19)8-12(11)16/h2-4,7,11-12,16H,5-6,8H2,1H3,(H,18,19)/p-1. The molecule has 20 heavy (non-hydrogen) atoms. The zero-order valence-electron chi connectivity index (χ0n) is 11.1. The number of hydrogen-bond acceptors (Lipinski definition) is 5. The van der Waals surface area contributed by atoms with Crippen LogP contribution in [-0.2, 0) is 4.74 Å². The molecule has 0 radical (unpaired) electrons. The molecule has 1 saturated heterocycles. The number of β-amino-alcohol motifs (C(OH)–C–C–N with tert-alkyl or cyclic N) is 1. The van der Waals surface area contributed by atoms with Gasteiger partial charge >= 0.3 is 5.97 Å². The summed E-state index contributed by atoms with van der Waals surface area (Å²) in [7, 11) is 1.31. The van der Waals surface area contributed by atoms with Crippen LogP contribution < -0.4 is 5.11 Å². The van der Waals surface area contributed by atoms with E-state index in [1.54, 1.807) is 18.2 Å². The molecule has 6 heteroatoms. The number of carbonyl (C=O) groups is 2. The fraction of sp³-hybridized carbons (Fsp3) is 0.429. The third-order valence-corrected chi connectivity index (χ3v) is 3.58. The molecule has 2 rings (SSSR count). The van der Waals surface area contributed by atoms with Gasteiger partial charge in [0.15, 0.2) is 0 Å². The minimum Gasteiger partial charge on any atom is -0.530 e. The summed E-state index contributed by atoms with van der Waals surface area (Å²) in [6.07, 6.45) is -1.60. The number of ether oxygens (including phenoxy) is 1. The summed E-state index contributed by atoms with van der Waals surface area (Å²) in [6.45, 7) is 0.335. The summed E-state index contributed by atoms with van der Waals surface area (Å²) in [6, 6.07) is 6.85. The Hall–Kier alpha value is -2.08. The second-order valence-corrected chi connectivity index (χ2v) is 4.79. The van der Waals surface area contributed by atoms with Gasteiger partial charge in [-0.25, -0.2) is 4.79 Å². The number of methoxy groups -OCH3 is 1. The van der Waals surface area contributed by atoms with Gasteiger partial charge in [-0.05, 0) is 24.1 Å². The maximum Gasteiger partial charge on any atom is 0.337 e. The highest BCUT2D eigenvalue weighted by Crippen LogP contribution is 2.29. The molecule has 0 bridgehead atoms. The van der Waals surface area contributed by atoms with Crippen LogP contribution in [0.2, 0.25) is 0 Å². The van der Waals surface area contributed by atoms with E-state index < -0.39 is 18.2 Å². The van der Waals surface area contributed by atoms with Gasteiger partial charge in [-0.1, -0.05) is 12.1 Å². The number of likely N-dealkylation sites (tertiary alicyclic amines) is 1. The molecule has 0 saturated carbocycles. The van der Waals surface area contributed by atoms with E-state index in [9.17, 15) is 19.8 Å². The topological polar surface area (TPSA) is 89.9 Å². The van der Waals surface area contributed by atoms with E-state index in [1.807, 2.05) is 6.07 Å². The summed E-state index contributed by atoms with van der Waals surface area (Å²) in [5.41, 5.74) is 1.22. The van der Waals surface area contributed by atoms with Crippen molar-refractivity contribution in [3.63, 3.8) is 0 Å². The van der Waals surface area contributed by atoms with E-state index >= 15 is 0 Å². The van der Waals surface area contributed by atoms with Crippen molar-refractivity contribution in [3.8, 4) is 0 Å². The lowest BCUT2D eigenvalue weighted by molar-refractivity contribution is -0.268. The largest absolute Gasteiger partial charge is 0.530 e. The number of piperidine rings is 1. The molecule has 0 aliphatic carbocycles. The Morgan fingerprint density at radius 1 is 1.45 bits per heavy atom. The first-order valence-corrected chi connectivity index (χ1v) is 6.35. The Morgan fingerprint density at radius 2 is 2.20 bits per heavy atom. The van der Waals surface area contributed by atoms with Crippen molar-refractivity contribution < 1.29 is 24.5 Å².